The monoisotopic (exact) mass is 262 g/mol. The Morgan fingerprint density at radius 2 is 1.65 bits per heavy atom. The third kappa shape index (κ3) is 1.57. The smallest absolute Gasteiger partial charge is 0.232 e. The molecule has 3 nitrogen and oxygen atoms in total. The summed E-state index contributed by atoms with van der Waals surface area (Å²) in [6, 6.07) is 16.8. The molecule has 0 bridgehead atoms. The fourth-order valence-corrected chi connectivity index (χ4v) is 2.38. The molecule has 3 heteroatoms. The average Bonchev–Trinajstić information content (AvgIpc) is 3.10. The number of ketones is 1. The fourth-order valence-electron chi connectivity index (χ4n) is 2.38. The number of hydrogen-bond acceptors (Lipinski definition) is 3. The summed E-state index contributed by atoms with van der Waals surface area (Å²) in [5.41, 5.74) is 1.94. The molecule has 20 heavy (non-hydrogen) atoms. The van der Waals surface area contributed by atoms with Crippen LogP contribution in [0.2, 0.25) is 0 Å². The second kappa shape index (κ2) is 4.10. The lowest BCUT2D eigenvalue weighted by atomic mass is 10.1. The van der Waals surface area contributed by atoms with Gasteiger partial charge in [0.25, 0.3) is 0 Å². The van der Waals surface area contributed by atoms with E-state index in [9.17, 15) is 4.79 Å². The largest absolute Gasteiger partial charge is 0.464 e. The van der Waals surface area contributed by atoms with Crippen LogP contribution in [0.25, 0.3) is 21.9 Å². The van der Waals surface area contributed by atoms with Gasteiger partial charge in [0.05, 0.1) is 5.56 Å². The Bertz CT molecular complexity index is 894. The van der Waals surface area contributed by atoms with E-state index >= 15 is 0 Å². The zero-order valence-corrected chi connectivity index (χ0v) is 10.5. The number of hydrogen-bond donors (Lipinski definition) is 0. The van der Waals surface area contributed by atoms with Crippen molar-refractivity contribution in [3.8, 4) is 0 Å². The molecule has 0 aliphatic heterocycles. The van der Waals surface area contributed by atoms with Gasteiger partial charge in [-0.25, -0.2) is 0 Å². The number of carbonyl (C=O) groups excluding carboxylic acids is 1. The summed E-state index contributed by atoms with van der Waals surface area (Å²) in [5.74, 6) is 0.170. The first kappa shape index (κ1) is 11.1. The predicted molar refractivity (Wildman–Crippen MR) is 75.9 cm³/mol. The van der Waals surface area contributed by atoms with Crippen LogP contribution in [0.15, 0.2) is 69.7 Å². The topological polar surface area (TPSA) is 43.4 Å². The fraction of sp³-hybridized carbons (Fsp3) is 0. The zero-order chi connectivity index (χ0) is 13.5. The molecule has 96 valence electrons. The first-order chi connectivity index (χ1) is 9.83. The van der Waals surface area contributed by atoms with E-state index in [-0.39, 0.29) is 5.78 Å². The number of furan rings is 2. The van der Waals surface area contributed by atoms with Gasteiger partial charge in [0.15, 0.2) is 5.76 Å². The second-order valence-electron chi connectivity index (χ2n) is 4.62. The molecule has 2 aromatic carbocycles. The molecule has 0 radical (unpaired) electrons. The molecule has 4 aromatic rings. The normalized spacial score (nSPS) is 11.2. The van der Waals surface area contributed by atoms with Gasteiger partial charge in [-0.3, -0.25) is 4.79 Å². The van der Waals surface area contributed by atoms with Crippen molar-refractivity contribution in [3.63, 3.8) is 0 Å². The second-order valence-corrected chi connectivity index (χ2v) is 4.62. The minimum atomic E-state index is -0.161. The summed E-state index contributed by atoms with van der Waals surface area (Å²) in [6.07, 6.45) is 1.49. The van der Waals surface area contributed by atoms with Crippen molar-refractivity contribution in [1.29, 1.82) is 0 Å². The first-order valence-corrected chi connectivity index (χ1v) is 6.32. The lowest BCUT2D eigenvalue weighted by molar-refractivity contribution is 0.101. The number of benzene rings is 2. The van der Waals surface area contributed by atoms with Crippen molar-refractivity contribution in [1.82, 2.24) is 0 Å². The van der Waals surface area contributed by atoms with E-state index in [0.29, 0.717) is 22.5 Å². The van der Waals surface area contributed by atoms with Crippen molar-refractivity contribution < 1.29 is 13.6 Å². The van der Waals surface area contributed by atoms with E-state index in [1.54, 1.807) is 6.07 Å². The summed E-state index contributed by atoms with van der Waals surface area (Å²) in [5, 5.41) is 1.72. The molecular weight excluding hydrogens is 252 g/mol. The lowest BCUT2D eigenvalue weighted by Crippen LogP contribution is -1.97. The van der Waals surface area contributed by atoms with Gasteiger partial charge >= 0.3 is 0 Å². The van der Waals surface area contributed by atoms with Gasteiger partial charge in [-0.2, -0.15) is 0 Å². The lowest BCUT2D eigenvalue weighted by Gasteiger charge is -1.93. The molecule has 4 rings (SSSR count). The summed E-state index contributed by atoms with van der Waals surface area (Å²) in [4.78, 5) is 12.5. The highest BCUT2D eigenvalue weighted by atomic mass is 16.3. The Balaban J connectivity index is 1.87. The van der Waals surface area contributed by atoms with E-state index in [1.807, 2.05) is 48.5 Å². The number of fused-ring (bicyclic) bond motifs is 2. The van der Waals surface area contributed by atoms with Crippen LogP contribution in [0.5, 0.6) is 0 Å². The number of rotatable bonds is 2. The van der Waals surface area contributed by atoms with E-state index in [1.165, 1.54) is 6.26 Å². The summed E-state index contributed by atoms with van der Waals surface area (Å²) in [7, 11) is 0. The third-order valence-corrected chi connectivity index (χ3v) is 3.37. The van der Waals surface area contributed by atoms with Crippen molar-refractivity contribution in [2.45, 2.75) is 0 Å². The highest BCUT2D eigenvalue weighted by Gasteiger charge is 2.19. The molecule has 0 atom stereocenters. The highest BCUT2D eigenvalue weighted by Crippen LogP contribution is 2.26. The quantitative estimate of drug-likeness (QED) is 0.502. The van der Waals surface area contributed by atoms with Crippen LogP contribution in [-0.2, 0) is 0 Å². The van der Waals surface area contributed by atoms with Crippen LogP contribution in [0.4, 0.5) is 0 Å². The molecule has 0 fully saturated rings. The SMILES string of the molecule is O=C(c1cc2ccccc2o1)c1coc2ccccc12. The molecule has 0 saturated heterocycles. The van der Waals surface area contributed by atoms with Crippen LogP contribution in [0, 0.1) is 0 Å². The average molecular weight is 262 g/mol. The Morgan fingerprint density at radius 3 is 2.50 bits per heavy atom. The molecule has 0 N–H and O–H groups in total. The Morgan fingerprint density at radius 1 is 0.900 bits per heavy atom. The van der Waals surface area contributed by atoms with Crippen molar-refractivity contribution >= 4 is 27.7 Å². The summed E-state index contributed by atoms with van der Waals surface area (Å²) in [6.45, 7) is 0. The maximum Gasteiger partial charge on any atom is 0.232 e. The standard InChI is InChI=1S/C17H10O3/c18-17(13-10-19-15-8-4-2-6-12(13)15)16-9-11-5-1-3-7-14(11)20-16/h1-10H. The first-order valence-electron chi connectivity index (χ1n) is 6.32. The maximum absolute atomic E-state index is 12.5. The van der Waals surface area contributed by atoms with Crippen molar-refractivity contribution in [2.24, 2.45) is 0 Å². The van der Waals surface area contributed by atoms with E-state index in [0.717, 1.165) is 10.8 Å². The van der Waals surface area contributed by atoms with E-state index in [4.69, 9.17) is 8.83 Å². The Kier molecular flexibility index (Phi) is 2.27. The van der Waals surface area contributed by atoms with Crippen molar-refractivity contribution in [2.75, 3.05) is 0 Å². The van der Waals surface area contributed by atoms with Gasteiger partial charge in [-0.15, -0.1) is 0 Å². The van der Waals surface area contributed by atoms with Crippen LogP contribution < -0.4 is 0 Å². The summed E-state index contributed by atoms with van der Waals surface area (Å²) < 4.78 is 11.0. The number of para-hydroxylation sites is 2. The molecular formula is C17H10O3. The zero-order valence-electron chi connectivity index (χ0n) is 10.5. The Hall–Kier alpha value is -2.81. The van der Waals surface area contributed by atoms with Gasteiger partial charge in [0, 0.05) is 10.8 Å². The van der Waals surface area contributed by atoms with Crippen LogP contribution in [0.3, 0.4) is 0 Å². The van der Waals surface area contributed by atoms with Gasteiger partial charge in [-0.05, 0) is 18.2 Å². The molecule has 2 aromatic heterocycles. The van der Waals surface area contributed by atoms with E-state index < -0.39 is 0 Å². The van der Waals surface area contributed by atoms with Crippen LogP contribution >= 0.6 is 0 Å². The molecule has 0 saturated carbocycles. The predicted octanol–water partition coefficient (Wildman–Crippen LogP) is 4.41. The number of carbonyl (C=O) groups is 1. The van der Waals surface area contributed by atoms with Gasteiger partial charge in [-0.1, -0.05) is 36.4 Å². The third-order valence-electron chi connectivity index (χ3n) is 3.37. The van der Waals surface area contributed by atoms with Gasteiger partial charge < -0.3 is 8.83 Å². The molecule has 2 heterocycles. The molecule has 0 aliphatic carbocycles. The molecule has 0 aliphatic rings. The minimum Gasteiger partial charge on any atom is -0.464 e. The highest BCUT2D eigenvalue weighted by molar-refractivity contribution is 6.15. The van der Waals surface area contributed by atoms with E-state index in [2.05, 4.69) is 0 Å². The van der Waals surface area contributed by atoms with Gasteiger partial charge in [0.1, 0.15) is 17.4 Å². The maximum atomic E-state index is 12.5. The minimum absolute atomic E-state index is 0.161. The van der Waals surface area contributed by atoms with Gasteiger partial charge in [0.2, 0.25) is 5.78 Å². The molecule has 0 unspecified atom stereocenters. The Labute approximate surface area is 114 Å². The van der Waals surface area contributed by atoms with Crippen molar-refractivity contribution in [3.05, 3.63) is 72.2 Å². The van der Waals surface area contributed by atoms with Crippen LogP contribution in [-0.4, -0.2) is 5.78 Å². The molecule has 0 amide bonds. The summed E-state index contributed by atoms with van der Waals surface area (Å²) >= 11 is 0. The molecule has 0 spiro atoms. The van der Waals surface area contributed by atoms with Crippen LogP contribution in [0.1, 0.15) is 16.1 Å².